The summed E-state index contributed by atoms with van der Waals surface area (Å²) in [5.74, 6) is -0.323. The predicted octanol–water partition coefficient (Wildman–Crippen LogP) is 5.90. The van der Waals surface area contributed by atoms with Crippen LogP contribution in [0.4, 0.5) is 15.8 Å². The van der Waals surface area contributed by atoms with E-state index in [0.29, 0.717) is 5.69 Å². The Balaban J connectivity index is 0.000000677. The van der Waals surface area contributed by atoms with Crippen LogP contribution in [-0.2, 0) is 17.0 Å². The van der Waals surface area contributed by atoms with Gasteiger partial charge in [0.05, 0.1) is 5.69 Å². The summed E-state index contributed by atoms with van der Waals surface area (Å²) in [4.78, 5) is 4.17. The summed E-state index contributed by atoms with van der Waals surface area (Å²) in [5.41, 5.74) is 3.19. The maximum absolute atomic E-state index is 13.4. The van der Waals surface area contributed by atoms with Crippen LogP contribution in [-0.4, -0.2) is 13.3 Å². The normalized spacial score (nSPS) is 9.95. The molecule has 0 saturated carbocycles. The number of hydrogen-bond acceptors (Lipinski definition) is 1. The van der Waals surface area contributed by atoms with Crippen molar-refractivity contribution in [3.05, 3.63) is 64.7 Å². The molecule has 0 heterocycles. The van der Waals surface area contributed by atoms with Crippen LogP contribution >= 0.6 is 18.6 Å². The van der Waals surface area contributed by atoms with Gasteiger partial charge in [0.15, 0.2) is 0 Å². The molecule has 2 aromatic rings. The van der Waals surface area contributed by atoms with Gasteiger partial charge in [0.2, 0.25) is 0 Å². The van der Waals surface area contributed by atoms with E-state index in [0.717, 1.165) is 16.8 Å². The predicted molar refractivity (Wildman–Crippen MR) is 85.5 cm³/mol. The molecule has 0 aliphatic carbocycles. The van der Waals surface area contributed by atoms with Gasteiger partial charge < -0.3 is 5.32 Å². The third-order valence-corrected chi connectivity index (χ3v) is 2.69. The van der Waals surface area contributed by atoms with Gasteiger partial charge in [-0.25, -0.2) is 4.39 Å². The molecule has 2 nitrogen and oxygen atoms in total. The molecule has 0 aliphatic heterocycles. The van der Waals surface area contributed by atoms with E-state index in [1.165, 1.54) is 6.07 Å². The average Bonchev–Trinajstić information content (AvgIpc) is 2.47. The Kier molecular flexibility index (Phi) is 8.62. The zero-order valence-corrected chi connectivity index (χ0v) is 14.7. The molecule has 0 fully saturated rings. The first-order chi connectivity index (χ1) is 10.1. The summed E-state index contributed by atoms with van der Waals surface area (Å²) in [6.45, 7) is 1.99. The van der Waals surface area contributed by atoms with Crippen molar-refractivity contribution in [1.29, 1.82) is 0 Å². The standard InChI is InChI=1S/C15H14FN2.2ClH.Ti/c1-11-6-5-7-12(15(11)17-2)10-18-14-9-4-3-8-13(14)16;;;/h3-10H,1-2H3;2*1H;/q-1;;;+2/p-2. The molecule has 0 amide bonds. The molecule has 6 heteroatoms. The molecule has 0 aromatic heterocycles. The molecule has 0 atom stereocenters. The summed E-state index contributed by atoms with van der Waals surface area (Å²) in [6.07, 6.45) is 1.65. The second-order valence-corrected chi connectivity index (χ2v) is 6.60. The number of para-hydroxylation sites is 2. The molecule has 110 valence electrons. The van der Waals surface area contributed by atoms with Crippen LogP contribution in [0, 0.1) is 12.7 Å². The SMILES string of the molecule is C[N-]c1c(C)cccc1C=Nc1ccccc1F.[Cl][Ti][Cl]. The van der Waals surface area contributed by atoms with E-state index in [9.17, 15) is 4.39 Å². The van der Waals surface area contributed by atoms with Crippen molar-refractivity contribution < 1.29 is 21.4 Å². The summed E-state index contributed by atoms with van der Waals surface area (Å²) in [7, 11) is 11.5. The van der Waals surface area contributed by atoms with Crippen LogP contribution in [0.2, 0.25) is 0 Å². The van der Waals surface area contributed by atoms with Gasteiger partial charge in [0, 0.05) is 6.21 Å². The number of nitrogens with zero attached hydrogens (tertiary/aromatic N) is 2. The van der Waals surface area contributed by atoms with Crippen molar-refractivity contribution in [3.8, 4) is 0 Å². The van der Waals surface area contributed by atoms with Crippen molar-refractivity contribution in [2.24, 2.45) is 4.99 Å². The van der Waals surface area contributed by atoms with Crippen LogP contribution in [0.15, 0.2) is 47.5 Å². The third kappa shape index (κ3) is 5.80. The molecule has 2 aromatic carbocycles. The van der Waals surface area contributed by atoms with E-state index in [1.54, 1.807) is 31.5 Å². The van der Waals surface area contributed by atoms with Gasteiger partial charge in [-0.05, 0) is 24.6 Å². The van der Waals surface area contributed by atoms with E-state index in [-0.39, 0.29) is 5.82 Å². The number of benzene rings is 2. The quantitative estimate of drug-likeness (QED) is 0.482. The first-order valence-electron chi connectivity index (χ1n) is 6.08. The Labute approximate surface area is 141 Å². The Morgan fingerprint density at radius 1 is 1.14 bits per heavy atom. The zero-order valence-electron chi connectivity index (χ0n) is 11.6. The molecule has 0 unspecified atom stereocenters. The zero-order chi connectivity index (χ0) is 15.7. The Hall–Kier alpha value is -0.866. The molecule has 2 rings (SSSR count). The number of hydrogen-bond donors (Lipinski definition) is 0. The Bertz CT molecular complexity index is 606. The van der Waals surface area contributed by atoms with E-state index in [1.807, 2.05) is 25.1 Å². The molecule has 0 saturated heterocycles. The first-order valence-corrected chi connectivity index (χ1v) is 10.4. The van der Waals surface area contributed by atoms with E-state index >= 15 is 0 Å². The van der Waals surface area contributed by atoms with Crippen molar-refractivity contribution in [2.45, 2.75) is 6.92 Å². The number of aryl methyl sites for hydroxylation is 1. The van der Waals surface area contributed by atoms with E-state index < -0.39 is 17.0 Å². The molecule has 21 heavy (non-hydrogen) atoms. The first kappa shape index (κ1) is 18.2. The van der Waals surface area contributed by atoms with Gasteiger partial charge in [-0.15, -0.1) is 12.7 Å². The van der Waals surface area contributed by atoms with Crippen molar-refractivity contribution in [2.75, 3.05) is 7.05 Å². The maximum atomic E-state index is 13.4. The van der Waals surface area contributed by atoms with Crippen LogP contribution in [0.5, 0.6) is 0 Å². The van der Waals surface area contributed by atoms with Crippen LogP contribution < -0.4 is 0 Å². The fourth-order valence-electron chi connectivity index (χ4n) is 1.79. The van der Waals surface area contributed by atoms with Gasteiger partial charge in [-0.1, -0.05) is 35.9 Å². The number of rotatable bonds is 3. The summed E-state index contributed by atoms with van der Waals surface area (Å²) in [5, 5.41) is 4.22. The van der Waals surface area contributed by atoms with Crippen LogP contribution in [0.3, 0.4) is 0 Å². The van der Waals surface area contributed by atoms with E-state index in [2.05, 4.69) is 10.3 Å². The molecule has 0 spiro atoms. The summed E-state index contributed by atoms with van der Waals surface area (Å²) >= 11 is -0.556. The second-order valence-electron chi connectivity index (χ2n) is 4.02. The van der Waals surface area contributed by atoms with E-state index in [4.69, 9.17) is 18.6 Å². The fourth-order valence-corrected chi connectivity index (χ4v) is 1.79. The van der Waals surface area contributed by atoms with Gasteiger partial charge in [0.1, 0.15) is 5.82 Å². The molecule has 0 radical (unpaired) electrons. The third-order valence-electron chi connectivity index (χ3n) is 2.69. The molecule has 0 aliphatic rings. The number of halogens is 3. The molecular formula is C15H14Cl2FN2Ti-. The van der Waals surface area contributed by atoms with Gasteiger partial charge in [0.25, 0.3) is 0 Å². The molecule has 0 bridgehead atoms. The molecular weight excluding hydrogens is 346 g/mol. The monoisotopic (exact) mass is 359 g/mol. The topological polar surface area (TPSA) is 26.5 Å². The van der Waals surface area contributed by atoms with Gasteiger partial charge >= 0.3 is 35.6 Å². The average molecular weight is 360 g/mol. The second kappa shape index (κ2) is 9.96. The Morgan fingerprint density at radius 2 is 1.81 bits per heavy atom. The minimum atomic E-state index is -0.556. The number of aliphatic imine (C=N–C) groups is 1. The van der Waals surface area contributed by atoms with Crippen molar-refractivity contribution in [1.82, 2.24) is 0 Å². The fraction of sp³-hybridized carbons (Fsp3) is 0.133. The minimum absolute atomic E-state index is 0.323. The summed E-state index contributed by atoms with van der Waals surface area (Å²) < 4.78 is 13.4. The van der Waals surface area contributed by atoms with Crippen molar-refractivity contribution >= 4 is 36.2 Å². The molecule has 0 N–H and O–H groups in total. The van der Waals surface area contributed by atoms with Gasteiger partial charge in [-0.2, -0.15) is 0 Å². The Morgan fingerprint density at radius 3 is 2.43 bits per heavy atom. The summed E-state index contributed by atoms with van der Waals surface area (Å²) in [6, 6.07) is 12.3. The van der Waals surface area contributed by atoms with Crippen molar-refractivity contribution in [3.63, 3.8) is 0 Å². The van der Waals surface area contributed by atoms with Crippen LogP contribution in [0.25, 0.3) is 5.32 Å². The van der Waals surface area contributed by atoms with Crippen LogP contribution in [0.1, 0.15) is 11.1 Å². The van der Waals surface area contributed by atoms with Gasteiger partial charge in [-0.3, -0.25) is 4.99 Å².